The highest BCUT2D eigenvalue weighted by Crippen LogP contribution is 2.32. The highest BCUT2D eigenvalue weighted by atomic mass is 35.5. The second-order valence-electron chi connectivity index (χ2n) is 3.72. The van der Waals surface area contributed by atoms with E-state index in [-0.39, 0.29) is 4.21 Å². The van der Waals surface area contributed by atoms with Gasteiger partial charge in [0.25, 0.3) is 0 Å². The van der Waals surface area contributed by atoms with E-state index in [1.807, 2.05) is 0 Å². The van der Waals surface area contributed by atoms with E-state index in [1.165, 1.54) is 0 Å². The third-order valence-electron chi connectivity index (χ3n) is 2.40. The molecule has 1 N–H and O–H groups in total. The Morgan fingerprint density at radius 2 is 2.11 bits per heavy atom. The van der Waals surface area contributed by atoms with Gasteiger partial charge in [-0.2, -0.15) is 0 Å². The molecule has 0 saturated heterocycles. The van der Waals surface area contributed by atoms with Crippen molar-refractivity contribution in [2.45, 2.75) is 10.6 Å². The number of fused-ring (bicyclic) bond motifs is 1. The molecule has 96 valence electrons. The van der Waals surface area contributed by atoms with Gasteiger partial charge in [-0.05, 0) is 22.9 Å². The molecule has 0 spiro atoms. The van der Waals surface area contributed by atoms with E-state index in [4.69, 9.17) is 16.7 Å². The van der Waals surface area contributed by atoms with Crippen LogP contribution >= 0.6 is 22.9 Å². The number of hydrogen-bond acceptors (Lipinski definition) is 4. The van der Waals surface area contributed by atoms with Crippen molar-refractivity contribution in [2.75, 3.05) is 5.75 Å². The zero-order valence-electron chi connectivity index (χ0n) is 9.09. The number of carbonyl (C=O) groups is 1. The number of carboxylic acid groups (broad SMARTS) is 1. The maximum atomic E-state index is 12.0. The molecule has 0 aliphatic heterocycles. The van der Waals surface area contributed by atoms with Gasteiger partial charge in [-0.1, -0.05) is 17.7 Å². The molecule has 2 aromatic rings. The summed E-state index contributed by atoms with van der Waals surface area (Å²) in [6, 6.07) is 5.01. The number of carboxylic acids is 1. The van der Waals surface area contributed by atoms with Gasteiger partial charge in [-0.25, -0.2) is 8.42 Å². The van der Waals surface area contributed by atoms with Gasteiger partial charge in [0.05, 0.1) is 12.2 Å². The molecule has 0 aliphatic rings. The summed E-state index contributed by atoms with van der Waals surface area (Å²) in [5, 5.41) is 12.1. The molecule has 1 aromatic carbocycles. The summed E-state index contributed by atoms with van der Waals surface area (Å²) >= 11 is 6.93. The molecule has 18 heavy (non-hydrogen) atoms. The fraction of sp³-hybridized carbons (Fsp3) is 0.182. The minimum Gasteiger partial charge on any atom is -0.481 e. The summed E-state index contributed by atoms with van der Waals surface area (Å²) in [5.41, 5.74) is 0. The molecule has 0 unspecified atom stereocenters. The maximum absolute atomic E-state index is 12.0. The monoisotopic (exact) mass is 304 g/mol. The number of halogens is 1. The predicted molar refractivity (Wildman–Crippen MR) is 71.1 cm³/mol. The van der Waals surface area contributed by atoms with E-state index in [0.717, 1.165) is 16.7 Å². The summed E-state index contributed by atoms with van der Waals surface area (Å²) < 4.78 is 24.2. The fourth-order valence-corrected chi connectivity index (χ4v) is 4.58. The molecular formula is C11H9ClO4S2. The lowest BCUT2D eigenvalue weighted by Crippen LogP contribution is -2.09. The molecule has 0 radical (unpaired) electrons. The van der Waals surface area contributed by atoms with Crippen molar-refractivity contribution in [1.82, 2.24) is 0 Å². The molecule has 1 heterocycles. The van der Waals surface area contributed by atoms with E-state index < -0.39 is 28.0 Å². The lowest BCUT2D eigenvalue weighted by Gasteiger charge is -2.01. The Kier molecular flexibility index (Phi) is 3.61. The van der Waals surface area contributed by atoms with Crippen LogP contribution in [-0.2, 0) is 14.6 Å². The number of thiophene rings is 1. The first-order chi connectivity index (χ1) is 8.40. The first kappa shape index (κ1) is 13.3. The van der Waals surface area contributed by atoms with Crippen LogP contribution in [0, 0.1) is 0 Å². The minimum absolute atomic E-state index is 0.182. The van der Waals surface area contributed by atoms with Gasteiger partial charge in [0.2, 0.25) is 0 Å². The smallest absolute Gasteiger partial charge is 0.304 e. The van der Waals surface area contributed by atoms with E-state index in [9.17, 15) is 13.2 Å². The number of benzene rings is 1. The SMILES string of the molecule is O=C(O)CCS(=O)(=O)c1scc2ccc(Cl)cc12. The van der Waals surface area contributed by atoms with Crippen molar-refractivity contribution < 1.29 is 18.3 Å². The van der Waals surface area contributed by atoms with Gasteiger partial charge < -0.3 is 5.11 Å². The van der Waals surface area contributed by atoms with Gasteiger partial charge in [-0.3, -0.25) is 4.79 Å². The molecule has 2 rings (SSSR count). The molecular weight excluding hydrogens is 296 g/mol. The topological polar surface area (TPSA) is 71.4 Å². The number of aliphatic carboxylic acids is 1. The van der Waals surface area contributed by atoms with Crippen LogP contribution in [0.3, 0.4) is 0 Å². The molecule has 1 aromatic heterocycles. The lowest BCUT2D eigenvalue weighted by molar-refractivity contribution is -0.136. The average molecular weight is 305 g/mol. The molecule has 0 atom stereocenters. The number of hydrogen-bond donors (Lipinski definition) is 1. The largest absolute Gasteiger partial charge is 0.481 e. The van der Waals surface area contributed by atoms with Crippen LogP contribution in [0.5, 0.6) is 0 Å². The van der Waals surface area contributed by atoms with E-state index >= 15 is 0 Å². The van der Waals surface area contributed by atoms with Gasteiger partial charge in [-0.15, -0.1) is 11.3 Å². The summed E-state index contributed by atoms with van der Waals surface area (Å²) in [7, 11) is -3.58. The maximum Gasteiger partial charge on any atom is 0.304 e. The van der Waals surface area contributed by atoms with E-state index in [2.05, 4.69) is 0 Å². The van der Waals surface area contributed by atoms with Gasteiger partial charge in [0.1, 0.15) is 4.21 Å². The van der Waals surface area contributed by atoms with Crippen molar-refractivity contribution in [3.63, 3.8) is 0 Å². The summed E-state index contributed by atoms with van der Waals surface area (Å²) in [6.45, 7) is 0. The lowest BCUT2D eigenvalue weighted by atomic mass is 10.2. The Bertz CT molecular complexity index is 703. The molecule has 0 aliphatic carbocycles. The molecule has 4 nitrogen and oxygen atoms in total. The summed E-state index contributed by atoms with van der Waals surface area (Å²) in [4.78, 5) is 10.5. The van der Waals surface area contributed by atoms with Gasteiger partial charge in [0, 0.05) is 10.4 Å². The predicted octanol–water partition coefficient (Wildman–Crippen LogP) is 2.80. The van der Waals surface area contributed by atoms with Crippen LogP contribution in [0.25, 0.3) is 10.8 Å². The van der Waals surface area contributed by atoms with Crippen molar-refractivity contribution in [3.8, 4) is 0 Å². The number of rotatable bonds is 4. The highest BCUT2D eigenvalue weighted by molar-refractivity contribution is 7.93. The normalized spacial score (nSPS) is 11.8. The number of sulfone groups is 1. The average Bonchev–Trinajstić information content (AvgIpc) is 2.70. The van der Waals surface area contributed by atoms with E-state index in [1.54, 1.807) is 23.6 Å². The van der Waals surface area contributed by atoms with Crippen molar-refractivity contribution in [2.24, 2.45) is 0 Å². The molecule has 0 saturated carbocycles. The third kappa shape index (κ3) is 2.66. The first-order valence-electron chi connectivity index (χ1n) is 5.01. The quantitative estimate of drug-likeness (QED) is 0.943. The van der Waals surface area contributed by atoms with Crippen LogP contribution in [-0.4, -0.2) is 25.2 Å². The van der Waals surface area contributed by atoms with Crippen LogP contribution in [0.2, 0.25) is 5.02 Å². The van der Waals surface area contributed by atoms with Crippen molar-refractivity contribution in [1.29, 1.82) is 0 Å². The van der Waals surface area contributed by atoms with Crippen LogP contribution in [0.1, 0.15) is 6.42 Å². The standard InChI is InChI=1S/C11H9ClO4S2/c12-8-2-1-7-6-17-11(9(7)5-8)18(15,16)4-3-10(13)14/h1-2,5-6H,3-4H2,(H,13,14). The summed E-state index contributed by atoms with van der Waals surface area (Å²) in [6.07, 6.45) is -0.401. The summed E-state index contributed by atoms with van der Waals surface area (Å²) in [5.74, 6) is -1.53. The fourth-order valence-electron chi connectivity index (χ4n) is 1.54. The molecule has 0 fully saturated rings. The van der Waals surface area contributed by atoms with Crippen molar-refractivity contribution in [3.05, 3.63) is 28.6 Å². The van der Waals surface area contributed by atoms with Gasteiger partial charge in [0.15, 0.2) is 9.84 Å². The molecule has 0 bridgehead atoms. The Morgan fingerprint density at radius 3 is 2.78 bits per heavy atom. The van der Waals surface area contributed by atoms with Crippen LogP contribution in [0.15, 0.2) is 27.8 Å². The second kappa shape index (κ2) is 4.87. The Balaban J connectivity index is 2.47. The third-order valence-corrected chi connectivity index (χ3v) is 6.01. The molecule has 0 amide bonds. The Hall–Kier alpha value is -1.11. The van der Waals surface area contributed by atoms with Crippen LogP contribution < -0.4 is 0 Å². The Labute approximate surface area is 113 Å². The van der Waals surface area contributed by atoms with Gasteiger partial charge >= 0.3 is 5.97 Å². The molecule has 7 heteroatoms. The first-order valence-corrected chi connectivity index (χ1v) is 7.92. The minimum atomic E-state index is -3.58. The van der Waals surface area contributed by atoms with Crippen LogP contribution in [0.4, 0.5) is 0 Å². The zero-order valence-corrected chi connectivity index (χ0v) is 11.5. The highest BCUT2D eigenvalue weighted by Gasteiger charge is 2.21. The van der Waals surface area contributed by atoms with Crippen molar-refractivity contribution >= 4 is 49.5 Å². The Morgan fingerprint density at radius 1 is 1.39 bits per heavy atom. The second-order valence-corrected chi connectivity index (χ2v) is 7.34. The van der Waals surface area contributed by atoms with E-state index in [0.29, 0.717) is 10.4 Å². The zero-order chi connectivity index (χ0) is 13.3.